The van der Waals surface area contributed by atoms with Gasteiger partial charge in [0.15, 0.2) is 0 Å². The third-order valence-corrected chi connectivity index (χ3v) is 3.54. The summed E-state index contributed by atoms with van der Waals surface area (Å²) in [5.41, 5.74) is 0.335. The topological polar surface area (TPSA) is 69.6 Å². The van der Waals surface area contributed by atoms with Crippen LogP contribution in [0.5, 0.6) is 0 Å². The predicted molar refractivity (Wildman–Crippen MR) is 82.8 cm³/mol. The van der Waals surface area contributed by atoms with E-state index >= 15 is 0 Å². The van der Waals surface area contributed by atoms with Crippen LogP contribution in [0, 0.1) is 0 Å². The zero-order valence-corrected chi connectivity index (χ0v) is 13.2. The van der Waals surface area contributed by atoms with Crippen LogP contribution < -0.4 is 5.32 Å². The molecule has 0 heterocycles. The molecule has 1 rings (SSSR count). The fourth-order valence-corrected chi connectivity index (χ4v) is 2.06. The quantitative estimate of drug-likeness (QED) is 0.801. The third-order valence-electron chi connectivity index (χ3n) is 2.80. The minimum atomic E-state index is -0.401. The molecule has 0 aliphatic heterocycles. The van der Waals surface area contributed by atoms with Crippen molar-refractivity contribution in [1.29, 1.82) is 0 Å². The molecule has 0 atom stereocenters. The van der Waals surface area contributed by atoms with Crippen molar-refractivity contribution in [1.82, 2.24) is 10.2 Å². The molecule has 0 aromatic heterocycles. The van der Waals surface area contributed by atoms with Crippen molar-refractivity contribution >= 4 is 35.0 Å². The highest BCUT2D eigenvalue weighted by Gasteiger charge is 2.14. The van der Waals surface area contributed by atoms with Crippen molar-refractivity contribution in [2.45, 2.75) is 13.3 Å². The molecule has 2 amide bonds. The van der Waals surface area contributed by atoms with E-state index in [1.165, 1.54) is 23.1 Å². The Labute approximate surface area is 133 Å². The van der Waals surface area contributed by atoms with Crippen LogP contribution in [-0.4, -0.2) is 48.1 Å². The molecular weight excluding hydrogens is 315 g/mol. The highest BCUT2D eigenvalue weighted by atomic mass is 35.5. The van der Waals surface area contributed by atoms with Crippen LogP contribution in [0.1, 0.15) is 23.7 Å². The van der Waals surface area contributed by atoms with Crippen LogP contribution in [-0.2, 0) is 4.79 Å². The highest BCUT2D eigenvalue weighted by molar-refractivity contribution is 6.42. The van der Waals surface area contributed by atoms with Gasteiger partial charge in [-0.25, -0.2) is 0 Å². The van der Waals surface area contributed by atoms with Crippen LogP contribution in [0.15, 0.2) is 18.2 Å². The van der Waals surface area contributed by atoms with Crippen molar-refractivity contribution in [2.75, 3.05) is 26.2 Å². The lowest BCUT2D eigenvalue weighted by atomic mass is 10.2. The number of halogens is 2. The van der Waals surface area contributed by atoms with Gasteiger partial charge in [-0.3, -0.25) is 9.59 Å². The SMILES string of the molecule is CCCN(CCO)C(=O)CNC(=O)c1ccc(Cl)c(Cl)c1. The molecule has 5 nitrogen and oxygen atoms in total. The molecule has 2 N–H and O–H groups in total. The summed E-state index contributed by atoms with van der Waals surface area (Å²) in [6.07, 6.45) is 0.784. The van der Waals surface area contributed by atoms with Gasteiger partial charge in [0.2, 0.25) is 5.91 Å². The van der Waals surface area contributed by atoms with Gasteiger partial charge in [0.25, 0.3) is 5.91 Å². The lowest BCUT2D eigenvalue weighted by molar-refractivity contribution is -0.130. The van der Waals surface area contributed by atoms with Gasteiger partial charge < -0.3 is 15.3 Å². The zero-order valence-electron chi connectivity index (χ0n) is 11.7. The van der Waals surface area contributed by atoms with E-state index in [9.17, 15) is 9.59 Å². The van der Waals surface area contributed by atoms with E-state index in [0.717, 1.165) is 6.42 Å². The van der Waals surface area contributed by atoms with Crippen LogP contribution in [0.4, 0.5) is 0 Å². The van der Waals surface area contributed by atoms with Gasteiger partial charge in [0.05, 0.1) is 23.2 Å². The Morgan fingerprint density at radius 2 is 1.95 bits per heavy atom. The first-order valence-corrected chi connectivity index (χ1v) is 7.37. The Morgan fingerprint density at radius 3 is 2.52 bits per heavy atom. The number of nitrogens with zero attached hydrogens (tertiary/aromatic N) is 1. The van der Waals surface area contributed by atoms with Crippen molar-refractivity contribution in [3.63, 3.8) is 0 Å². The van der Waals surface area contributed by atoms with E-state index < -0.39 is 5.91 Å². The lowest BCUT2D eigenvalue weighted by Crippen LogP contribution is -2.41. The minimum Gasteiger partial charge on any atom is -0.395 e. The maximum Gasteiger partial charge on any atom is 0.251 e. The molecule has 0 aliphatic rings. The molecule has 0 fully saturated rings. The van der Waals surface area contributed by atoms with Crippen LogP contribution in [0.2, 0.25) is 10.0 Å². The summed E-state index contributed by atoms with van der Waals surface area (Å²) >= 11 is 11.6. The van der Waals surface area contributed by atoms with Crippen molar-refractivity contribution in [3.05, 3.63) is 33.8 Å². The van der Waals surface area contributed by atoms with Crippen molar-refractivity contribution < 1.29 is 14.7 Å². The van der Waals surface area contributed by atoms with Crippen LogP contribution in [0.3, 0.4) is 0 Å². The van der Waals surface area contributed by atoms with Gasteiger partial charge in [-0.05, 0) is 24.6 Å². The molecule has 0 spiro atoms. The summed E-state index contributed by atoms with van der Waals surface area (Å²) in [5, 5.41) is 12.1. The van der Waals surface area contributed by atoms with Gasteiger partial charge in [0.1, 0.15) is 0 Å². The van der Waals surface area contributed by atoms with Gasteiger partial charge >= 0.3 is 0 Å². The maximum atomic E-state index is 11.9. The van der Waals surface area contributed by atoms with Crippen LogP contribution >= 0.6 is 23.2 Å². The first-order chi connectivity index (χ1) is 9.99. The standard InChI is InChI=1S/C14H18Cl2N2O3/c1-2-5-18(6-7-19)13(20)9-17-14(21)10-3-4-11(15)12(16)8-10/h3-4,8,19H,2,5-7,9H2,1H3,(H,17,21). The second-order valence-corrected chi connectivity index (χ2v) is 5.23. The molecule has 0 aliphatic carbocycles. The average molecular weight is 333 g/mol. The number of carbonyl (C=O) groups excluding carboxylic acids is 2. The Hall–Kier alpha value is -1.30. The van der Waals surface area contributed by atoms with Crippen LogP contribution in [0.25, 0.3) is 0 Å². The predicted octanol–water partition coefficient (Wildman–Crippen LogP) is 1.95. The van der Waals surface area contributed by atoms with Crippen molar-refractivity contribution in [3.8, 4) is 0 Å². The number of carbonyl (C=O) groups is 2. The van der Waals surface area contributed by atoms with Crippen molar-refractivity contribution in [2.24, 2.45) is 0 Å². The van der Waals surface area contributed by atoms with E-state index in [2.05, 4.69) is 5.32 Å². The molecular formula is C14H18Cl2N2O3. The zero-order chi connectivity index (χ0) is 15.8. The van der Waals surface area contributed by atoms with Gasteiger partial charge in [-0.2, -0.15) is 0 Å². The number of hydrogen-bond donors (Lipinski definition) is 2. The first-order valence-electron chi connectivity index (χ1n) is 6.61. The summed E-state index contributed by atoms with van der Waals surface area (Å²) in [4.78, 5) is 25.4. The van der Waals surface area contributed by atoms with E-state index in [1.807, 2.05) is 6.92 Å². The summed E-state index contributed by atoms with van der Waals surface area (Å²) in [7, 11) is 0. The van der Waals surface area contributed by atoms with Gasteiger partial charge in [-0.1, -0.05) is 30.1 Å². The number of nitrogens with one attached hydrogen (secondary N) is 1. The lowest BCUT2D eigenvalue weighted by Gasteiger charge is -2.21. The fraction of sp³-hybridized carbons (Fsp3) is 0.429. The van der Waals surface area contributed by atoms with Gasteiger partial charge in [-0.15, -0.1) is 0 Å². The molecule has 0 unspecified atom stereocenters. The number of amides is 2. The molecule has 1 aromatic rings. The van der Waals surface area contributed by atoms with E-state index in [-0.39, 0.29) is 30.6 Å². The number of aliphatic hydroxyl groups is 1. The Morgan fingerprint density at radius 1 is 1.24 bits per heavy atom. The molecule has 21 heavy (non-hydrogen) atoms. The molecule has 0 radical (unpaired) electrons. The van der Waals surface area contributed by atoms with Gasteiger partial charge in [0, 0.05) is 18.7 Å². The normalized spacial score (nSPS) is 10.3. The second-order valence-electron chi connectivity index (χ2n) is 4.42. The molecule has 0 saturated heterocycles. The summed E-state index contributed by atoms with van der Waals surface area (Å²) in [5.74, 6) is -0.637. The molecule has 116 valence electrons. The minimum absolute atomic E-state index is 0.105. The van der Waals surface area contributed by atoms with E-state index in [4.69, 9.17) is 28.3 Å². The highest BCUT2D eigenvalue weighted by Crippen LogP contribution is 2.22. The fourth-order valence-electron chi connectivity index (χ4n) is 1.76. The monoisotopic (exact) mass is 332 g/mol. The summed E-state index contributed by atoms with van der Waals surface area (Å²) in [6, 6.07) is 4.50. The second kappa shape index (κ2) is 8.87. The Balaban J connectivity index is 2.58. The molecule has 7 heteroatoms. The summed E-state index contributed by atoms with van der Waals surface area (Å²) < 4.78 is 0. The molecule has 0 bridgehead atoms. The van der Waals surface area contributed by atoms with E-state index in [0.29, 0.717) is 17.1 Å². The third kappa shape index (κ3) is 5.53. The average Bonchev–Trinajstić information content (AvgIpc) is 2.47. The Kier molecular flexibility index (Phi) is 7.50. The molecule has 0 saturated carbocycles. The maximum absolute atomic E-state index is 11.9. The number of rotatable bonds is 7. The summed E-state index contributed by atoms with van der Waals surface area (Å²) in [6.45, 7) is 2.51. The van der Waals surface area contributed by atoms with E-state index in [1.54, 1.807) is 0 Å². The smallest absolute Gasteiger partial charge is 0.251 e. The number of hydrogen-bond acceptors (Lipinski definition) is 3. The number of aliphatic hydroxyl groups excluding tert-OH is 1. The number of benzene rings is 1. The first kappa shape index (κ1) is 17.8. The Bertz CT molecular complexity index is 503. The molecule has 1 aromatic carbocycles. The largest absolute Gasteiger partial charge is 0.395 e.